The Hall–Kier alpha value is -3.34. The van der Waals surface area contributed by atoms with Crippen LogP contribution in [0.25, 0.3) is 11.0 Å². The maximum Gasteiger partial charge on any atom is 0.416 e. The third-order valence-corrected chi connectivity index (χ3v) is 6.17. The van der Waals surface area contributed by atoms with E-state index in [1.165, 1.54) is 6.07 Å². The van der Waals surface area contributed by atoms with Gasteiger partial charge in [-0.15, -0.1) is 0 Å². The zero-order valence-electron chi connectivity index (χ0n) is 19.6. The second kappa shape index (κ2) is 8.79. The Morgan fingerprint density at radius 3 is 2.41 bits per heavy atom. The number of nitrogens with zero attached hydrogens (tertiary/aromatic N) is 5. The van der Waals surface area contributed by atoms with Crippen LogP contribution in [0.15, 0.2) is 24.3 Å². The number of aryl methyl sites for hydroxylation is 2. The van der Waals surface area contributed by atoms with E-state index >= 15 is 0 Å². The highest BCUT2D eigenvalue weighted by Crippen LogP contribution is 2.34. The summed E-state index contributed by atoms with van der Waals surface area (Å²) >= 11 is 0. The van der Waals surface area contributed by atoms with Crippen LogP contribution in [0.5, 0.6) is 0 Å². The third kappa shape index (κ3) is 4.65. The molecule has 1 aliphatic heterocycles. The van der Waals surface area contributed by atoms with Gasteiger partial charge in [0.15, 0.2) is 0 Å². The summed E-state index contributed by atoms with van der Waals surface area (Å²) in [5, 5.41) is 3.82. The van der Waals surface area contributed by atoms with E-state index in [-0.39, 0.29) is 11.6 Å². The number of hydrogen-bond acceptors (Lipinski definition) is 6. The van der Waals surface area contributed by atoms with Gasteiger partial charge in [-0.1, -0.05) is 0 Å². The summed E-state index contributed by atoms with van der Waals surface area (Å²) in [6, 6.07) is 4.71. The van der Waals surface area contributed by atoms with Gasteiger partial charge in [0.25, 0.3) is 5.91 Å². The summed E-state index contributed by atoms with van der Waals surface area (Å²) in [6.07, 6.45) is -4.50. The van der Waals surface area contributed by atoms with Crippen molar-refractivity contribution in [2.75, 3.05) is 44.3 Å². The summed E-state index contributed by atoms with van der Waals surface area (Å²) < 4.78 is 41.5. The smallest absolute Gasteiger partial charge is 0.399 e. The number of piperazine rings is 1. The number of anilines is 2. The highest BCUT2D eigenvalue weighted by atomic mass is 19.4. The lowest BCUT2D eigenvalue weighted by Crippen LogP contribution is -2.47. The van der Waals surface area contributed by atoms with E-state index in [9.17, 15) is 18.0 Å². The number of halogens is 3. The zero-order chi connectivity index (χ0) is 24.8. The Balaban J connectivity index is 1.68. The number of carbonyl (C=O) groups is 1. The topological polar surface area (TPSA) is 92.3 Å². The number of carbonyl (C=O) groups excluding carboxylic acids is 1. The highest BCUT2D eigenvalue weighted by Gasteiger charge is 2.31. The fourth-order valence-corrected chi connectivity index (χ4v) is 4.17. The fourth-order valence-electron chi connectivity index (χ4n) is 4.17. The van der Waals surface area contributed by atoms with Crippen LogP contribution in [0.4, 0.5) is 24.7 Å². The first-order chi connectivity index (χ1) is 15.9. The minimum atomic E-state index is -4.50. The van der Waals surface area contributed by atoms with E-state index in [0.29, 0.717) is 47.0 Å². The SMILES string of the molecule is Cc1nc(N[C@H](C)c2cc(N)cc(C(F)(F)F)c2)c2cc(C(=O)N3CCN(C)CC3)n(C)c2n1. The molecule has 182 valence electrons. The van der Waals surface area contributed by atoms with Gasteiger partial charge in [-0.25, -0.2) is 9.97 Å². The predicted molar refractivity (Wildman–Crippen MR) is 125 cm³/mol. The molecule has 3 N–H and O–H groups in total. The molecule has 1 aromatic carbocycles. The van der Waals surface area contributed by atoms with Crippen molar-refractivity contribution in [3.8, 4) is 0 Å². The van der Waals surface area contributed by atoms with Gasteiger partial charge >= 0.3 is 6.18 Å². The van der Waals surface area contributed by atoms with Crippen molar-refractivity contribution in [2.24, 2.45) is 7.05 Å². The predicted octanol–water partition coefficient (Wildman–Crippen LogP) is 3.44. The molecule has 2 aromatic heterocycles. The largest absolute Gasteiger partial charge is 0.416 e. The van der Waals surface area contributed by atoms with E-state index in [4.69, 9.17) is 5.73 Å². The standard InChI is InChI=1S/C23H28F3N7O/c1-13(15-9-16(23(24,25)26)11-17(27)10-15)28-20-18-12-19(32(4)21(18)30-14(2)29-20)22(34)33-7-5-31(3)6-8-33/h9-13H,5-8,27H2,1-4H3,(H,28,29,30)/t13-/m1/s1. The van der Waals surface area contributed by atoms with Crippen LogP contribution >= 0.6 is 0 Å². The third-order valence-electron chi connectivity index (χ3n) is 6.17. The number of likely N-dealkylation sites (N-methyl/N-ethyl adjacent to an activating group) is 1. The van der Waals surface area contributed by atoms with Crippen LogP contribution < -0.4 is 11.1 Å². The maximum absolute atomic E-state index is 13.3. The van der Waals surface area contributed by atoms with Crippen molar-refractivity contribution >= 4 is 28.4 Å². The van der Waals surface area contributed by atoms with Gasteiger partial charge in [-0.3, -0.25) is 4.79 Å². The number of nitrogen functional groups attached to an aromatic ring is 1. The molecule has 11 heteroatoms. The van der Waals surface area contributed by atoms with Crippen LogP contribution in [0, 0.1) is 6.92 Å². The van der Waals surface area contributed by atoms with Gasteiger partial charge in [0.05, 0.1) is 17.0 Å². The second-order valence-corrected chi connectivity index (χ2v) is 8.79. The lowest BCUT2D eigenvalue weighted by atomic mass is 10.0. The summed E-state index contributed by atoms with van der Waals surface area (Å²) in [6.45, 7) is 6.35. The van der Waals surface area contributed by atoms with Crippen molar-refractivity contribution in [2.45, 2.75) is 26.1 Å². The molecule has 1 saturated heterocycles. The molecule has 1 amide bonds. The molecule has 3 aromatic rings. The number of fused-ring (bicyclic) bond motifs is 1. The molecule has 0 unspecified atom stereocenters. The number of benzene rings is 1. The Labute approximate surface area is 195 Å². The van der Waals surface area contributed by atoms with Gasteiger partial charge in [0.2, 0.25) is 0 Å². The van der Waals surface area contributed by atoms with Crippen LogP contribution in [0.3, 0.4) is 0 Å². The van der Waals surface area contributed by atoms with Crippen LogP contribution in [-0.4, -0.2) is 63.5 Å². The summed E-state index contributed by atoms with van der Waals surface area (Å²) in [5.74, 6) is 0.834. The minimum Gasteiger partial charge on any atom is -0.399 e. The Morgan fingerprint density at radius 1 is 1.09 bits per heavy atom. The van der Waals surface area contributed by atoms with Crippen LogP contribution in [0.1, 0.15) is 40.4 Å². The summed E-state index contributed by atoms with van der Waals surface area (Å²) in [5.41, 5.74) is 6.39. The lowest BCUT2D eigenvalue weighted by Gasteiger charge is -2.32. The molecule has 1 fully saturated rings. The normalized spacial score (nSPS) is 16.1. The summed E-state index contributed by atoms with van der Waals surface area (Å²) in [7, 11) is 3.80. The quantitative estimate of drug-likeness (QED) is 0.562. The van der Waals surface area contributed by atoms with Gasteiger partial charge < -0.3 is 25.4 Å². The Kier molecular flexibility index (Phi) is 6.15. The molecule has 4 rings (SSSR count). The minimum absolute atomic E-state index is 0.0299. The number of hydrogen-bond donors (Lipinski definition) is 2. The van der Waals surface area contributed by atoms with Gasteiger partial charge in [0.1, 0.15) is 23.0 Å². The maximum atomic E-state index is 13.3. The Morgan fingerprint density at radius 2 is 1.76 bits per heavy atom. The molecule has 1 aliphatic rings. The molecule has 0 spiro atoms. The number of nitrogens with one attached hydrogen (secondary N) is 1. The molecule has 34 heavy (non-hydrogen) atoms. The first kappa shape index (κ1) is 23.8. The van der Waals surface area contributed by atoms with Crippen molar-refractivity contribution in [1.82, 2.24) is 24.3 Å². The van der Waals surface area contributed by atoms with Gasteiger partial charge in [-0.2, -0.15) is 13.2 Å². The van der Waals surface area contributed by atoms with Gasteiger partial charge in [0, 0.05) is 38.9 Å². The molecular formula is C23H28F3N7O. The zero-order valence-corrected chi connectivity index (χ0v) is 19.6. The molecular weight excluding hydrogens is 447 g/mol. The van der Waals surface area contributed by atoms with E-state index in [1.807, 2.05) is 11.9 Å². The van der Waals surface area contributed by atoms with E-state index in [0.717, 1.165) is 25.2 Å². The number of amides is 1. The Bertz CT molecular complexity index is 1230. The average molecular weight is 476 g/mol. The number of rotatable bonds is 4. The number of alkyl halides is 3. The van der Waals surface area contributed by atoms with Crippen LogP contribution in [-0.2, 0) is 13.2 Å². The van der Waals surface area contributed by atoms with E-state index in [1.54, 1.807) is 31.5 Å². The first-order valence-corrected chi connectivity index (χ1v) is 11.0. The number of nitrogens with two attached hydrogens (primary N) is 1. The molecule has 0 aliphatic carbocycles. The molecule has 0 radical (unpaired) electrons. The average Bonchev–Trinajstić information content (AvgIpc) is 3.09. The van der Waals surface area contributed by atoms with Crippen molar-refractivity contribution in [1.29, 1.82) is 0 Å². The monoisotopic (exact) mass is 475 g/mol. The van der Waals surface area contributed by atoms with E-state index in [2.05, 4.69) is 20.2 Å². The highest BCUT2D eigenvalue weighted by molar-refractivity contribution is 6.00. The molecule has 1 atom stereocenters. The molecule has 3 heterocycles. The van der Waals surface area contributed by atoms with E-state index < -0.39 is 17.8 Å². The number of aromatic nitrogens is 3. The summed E-state index contributed by atoms with van der Waals surface area (Å²) in [4.78, 5) is 26.2. The molecule has 0 saturated carbocycles. The molecule has 8 nitrogen and oxygen atoms in total. The fraction of sp³-hybridized carbons (Fsp3) is 0.435. The first-order valence-electron chi connectivity index (χ1n) is 11.0. The lowest BCUT2D eigenvalue weighted by molar-refractivity contribution is -0.137. The molecule has 0 bridgehead atoms. The van der Waals surface area contributed by atoms with Gasteiger partial charge in [-0.05, 0) is 50.7 Å². The van der Waals surface area contributed by atoms with Crippen LogP contribution in [0.2, 0.25) is 0 Å². The van der Waals surface area contributed by atoms with Crippen molar-refractivity contribution in [3.63, 3.8) is 0 Å². The van der Waals surface area contributed by atoms with Crippen molar-refractivity contribution < 1.29 is 18.0 Å². The van der Waals surface area contributed by atoms with Crippen molar-refractivity contribution in [3.05, 3.63) is 46.9 Å². The second-order valence-electron chi connectivity index (χ2n) is 8.79.